The molecule has 1 aliphatic heterocycles. The van der Waals surface area contributed by atoms with Gasteiger partial charge in [0.15, 0.2) is 0 Å². The number of hydrogen-bond donors (Lipinski definition) is 1. The van der Waals surface area contributed by atoms with Crippen molar-refractivity contribution >= 4 is 22.3 Å². The summed E-state index contributed by atoms with van der Waals surface area (Å²) in [6.07, 6.45) is 0. The van der Waals surface area contributed by atoms with Crippen molar-refractivity contribution in [3.8, 4) is 10.6 Å². The van der Waals surface area contributed by atoms with E-state index in [4.69, 9.17) is 0 Å². The number of nitrogens with one attached hydrogen (secondary N) is 1. The van der Waals surface area contributed by atoms with Gasteiger partial charge in [0.05, 0.1) is 4.88 Å². The van der Waals surface area contributed by atoms with Crippen LogP contribution in [0.3, 0.4) is 0 Å². The molecule has 0 saturated carbocycles. The van der Waals surface area contributed by atoms with Crippen LogP contribution < -0.4 is 0 Å². The van der Waals surface area contributed by atoms with Gasteiger partial charge in [0.25, 0.3) is 0 Å². The highest BCUT2D eigenvalue weighted by Crippen LogP contribution is 2.34. The first-order valence-electron chi connectivity index (χ1n) is 3.76. The Morgan fingerprint density at radius 1 is 1.25 bits per heavy atom. The summed E-state index contributed by atoms with van der Waals surface area (Å²) in [5.74, 6) is 0. The van der Waals surface area contributed by atoms with Gasteiger partial charge in [-0.2, -0.15) is 5.10 Å². The highest BCUT2D eigenvalue weighted by atomic mass is 32.1. The fourth-order valence-corrected chi connectivity index (χ4v) is 2.17. The molecule has 0 radical (unpaired) electrons. The molecule has 58 valence electrons. The van der Waals surface area contributed by atoms with Crippen LogP contribution in [0.4, 0.5) is 0 Å². The molecule has 2 nitrogen and oxygen atoms in total. The van der Waals surface area contributed by atoms with Crippen molar-refractivity contribution in [3.63, 3.8) is 0 Å². The van der Waals surface area contributed by atoms with Crippen molar-refractivity contribution in [1.82, 2.24) is 9.59 Å². The number of rotatable bonds is 0. The van der Waals surface area contributed by atoms with Crippen LogP contribution in [-0.4, -0.2) is 9.59 Å². The van der Waals surface area contributed by atoms with Crippen LogP contribution in [-0.2, 0) is 0 Å². The summed E-state index contributed by atoms with van der Waals surface area (Å²) in [5.41, 5.74) is 1.09. The smallest absolute Gasteiger partial charge is 0.111 e. The van der Waals surface area contributed by atoms with Crippen molar-refractivity contribution in [1.29, 1.82) is 0 Å². The molecule has 12 heavy (non-hydrogen) atoms. The third kappa shape index (κ3) is 0.662. The Balaban J connectivity index is 2.59. The molecule has 0 atom stereocenters. The minimum absolute atomic E-state index is 1.09. The van der Waals surface area contributed by atoms with Crippen molar-refractivity contribution in [2.24, 2.45) is 0 Å². The number of benzene rings is 1. The number of H-pyrrole nitrogens is 1. The van der Waals surface area contributed by atoms with Gasteiger partial charge < -0.3 is 0 Å². The number of hydrogen-bond acceptors (Lipinski definition) is 2. The number of aromatic nitrogens is 2. The summed E-state index contributed by atoms with van der Waals surface area (Å²) < 4.78 is 2.90. The number of aromatic amines is 1. The van der Waals surface area contributed by atoms with E-state index >= 15 is 0 Å². The molecule has 3 rings (SSSR count). The maximum atomic E-state index is 4.20. The molecule has 1 aromatic rings. The second-order valence-corrected chi connectivity index (χ2v) is 3.58. The summed E-state index contributed by atoms with van der Waals surface area (Å²) in [6.45, 7) is 0. The first kappa shape index (κ1) is 6.20. The summed E-state index contributed by atoms with van der Waals surface area (Å²) in [4.78, 5) is 1.23. The van der Waals surface area contributed by atoms with Crippen LogP contribution in [0.1, 0.15) is 0 Å². The van der Waals surface area contributed by atoms with Crippen LogP contribution in [0.25, 0.3) is 21.3 Å². The minimum atomic E-state index is 1.09. The van der Waals surface area contributed by atoms with Gasteiger partial charge in [0.1, 0.15) is 5.69 Å². The summed E-state index contributed by atoms with van der Waals surface area (Å²) >= 11 is 1.58. The number of fused-ring (bicyclic) bond motifs is 3. The van der Waals surface area contributed by atoms with Crippen LogP contribution >= 0.6 is 11.5 Å². The van der Waals surface area contributed by atoms with Gasteiger partial charge in [-0.15, -0.1) is 0 Å². The van der Waals surface area contributed by atoms with E-state index in [2.05, 4.69) is 33.9 Å². The Morgan fingerprint density at radius 2 is 2.17 bits per heavy atom. The van der Waals surface area contributed by atoms with E-state index in [1.54, 1.807) is 11.5 Å². The SMILES string of the molecule is c1ccc2c3n[nH]sc-3cc2c1. The summed E-state index contributed by atoms with van der Waals surface area (Å²) in [6, 6.07) is 10.5. The van der Waals surface area contributed by atoms with E-state index in [1.165, 1.54) is 15.6 Å². The van der Waals surface area contributed by atoms with E-state index in [0.717, 1.165) is 5.69 Å². The van der Waals surface area contributed by atoms with Crippen molar-refractivity contribution in [2.45, 2.75) is 0 Å². The van der Waals surface area contributed by atoms with E-state index in [9.17, 15) is 0 Å². The molecule has 2 aliphatic rings. The van der Waals surface area contributed by atoms with Gasteiger partial charge in [-0.05, 0) is 23.0 Å². The van der Waals surface area contributed by atoms with Gasteiger partial charge in [0.2, 0.25) is 0 Å². The van der Waals surface area contributed by atoms with Crippen molar-refractivity contribution in [3.05, 3.63) is 30.3 Å². The lowest BCUT2D eigenvalue weighted by Gasteiger charge is -1.86. The molecule has 1 aromatic carbocycles. The molecule has 0 amide bonds. The maximum Gasteiger partial charge on any atom is 0.111 e. The molecule has 0 aromatic heterocycles. The fraction of sp³-hybridized carbons (Fsp3) is 0. The molecule has 1 N–H and O–H groups in total. The normalized spacial score (nSPS) is 11.3. The third-order valence-electron chi connectivity index (χ3n) is 2.05. The Morgan fingerprint density at radius 3 is 3.17 bits per heavy atom. The van der Waals surface area contributed by atoms with Gasteiger partial charge in [-0.1, -0.05) is 24.3 Å². The zero-order chi connectivity index (χ0) is 7.97. The van der Waals surface area contributed by atoms with Gasteiger partial charge >= 0.3 is 0 Å². The van der Waals surface area contributed by atoms with Crippen molar-refractivity contribution < 1.29 is 0 Å². The standard InChI is InChI=1S/C9H6N2S/c1-2-4-7-6(3-1)5-8-9(7)10-11-12-8/h1-5,11H. The van der Waals surface area contributed by atoms with Gasteiger partial charge in [0, 0.05) is 5.39 Å². The molecule has 0 saturated heterocycles. The molecule has 0 unspecified atom stereocenters. The second-order valence-electron chi connectivity index (χ2n) is 2.75. The Hall–Kier alpha value is -1.35. The lowest BCUT2D eigenvalue weighted by Crippen LogP contribution is -1.69. The maximum absolute atomic E-state index is 4.20. The zero-order valence-electron chi connectivity index (χ0n) is 6.24. The van der Waals surface area contributed by atoms with E-state index in [1.807, 2.05) is 6.07 Å². The van der Waals surface area contributed by atoms with E-state index in [0.29, 0.717) is 0 Å². The topological polar surface area (TPSA) is 28.7 Å². The average molecular weight is 174 g/mol. The third-order valence-corrected chi connectivity index (χ3v) is 2.76. The zero-order valence-corrected chi connectivity index (χ0v) is 7.06. The van der Waals surface area contributed by atoms with E-state index in [-0.39, 0.29) is 0 Å². The predicted molar refractivity (Wildman–Crippen MR) is 50.6 cm³/mol. The van der Waals surface area contributed by atoms with Crippen LogP contribution in [0.2, 0.25) is 0 Å². The fourth-order valence-electron chi connectivity index (χ4n) is 1.49. The van der Waals surface area contributed by atoms with Crippen molar-refractivity contribution in [2.75, 3.05) is 0 Å². The Labute approximate surface area is 73.3 Å². The quantitative estimate of drug-likeness (QED) is 0.557. The van der Waals surface area contributed by atoms with Crippen LogP contribution in [0.15, 0.2) is 30.3 Å². The van der Waals surface area contributed by atoms with Gasteiger partial charge in [-0.25, -0.2) is 4.49 Å². The molecule has 0 spiro atoms. The lowest BCUT2D eigenvalue weighted by molar-refractivity contribution is 1.17. The van der Waals surface area contributed by atoms with Gasteiger partial charge in [-0.3, -0.25) is 0 Å². The first-order valence-corrected chi connectivity index (χ1v) is 4.58. The first-order chi connectivity index (χ1) is 5.95. The van der Waals surface area contributed by atoms with E-state index < -0.39 is 0 Å². The second kappa shape index (κ2) is 2.08. The Bertz CT molecular complexity index is 494. The largest absolute Gasteiger partial charge is 0.231 e. The predicted octanol–water partition coefficient (Wildman–Crippen LogP) is 2.73. The molecular formula is C9H6N2S. The Kier molecular flexibility index (Phi) is 1.07. The average Bonchev–Trinajstić information content (AvgIpc) is 2.62. The molecule has 0 bridgehead atoms. The molecule has 1 aliphatic carbocycles. The molecule has 1 heterocycles. The monoisotopic (exact) mass is 174 g/mol. The summed E-state index contributed by atoms with van der Waals surface area (Å²) in [7, 11) is 0. The van der Waals surface area contributed by atoms with Crippen LogP contribution in [0.5, 0.6) is 0 Å². The highest BCUT2D eigenvalue weighted by Gasteiger charge is 2.11. The number of nitrogens with zero attached hydrogens (tertiary/aromatic N) is 1. The van der Waals surface area contributed by atoms with Crippen LogP contribution in [0, 0.1) is 0 Å². The molecule has 0 fully saturated rings. The highest BCUT2D eigenvalue weighted by molar-refractivity contribution is 7.09. The minimum Gasteiger partial charge on any atom is -0.231 e. The molecular weight excluding hydrogens is 168 g/mol. The molecule has 3 heteroatoms. The lowest BCUT2D eigenvalue weighted by atomic mass is 10.2. The summed E-state index contributed by atoms with van der Waals surface area (Å²) in [5, 5.41) is 6.72.